The summed E-state index contributed by atoms with van der Waals surface area (Å²) in [6.07, 6.45) is -0.167. The summed E-state index contributed by atoms with van der Waals surface area (Å²) in [5, 5.41) is 0. The largest absolute Gasteiger partial charge is 0.440 e. The molecule has 1 atom stereocenters. The van der Waals surface area contributed by atoms with Crippen molar-refractivity contribution >= 4 is 27.7 Å². The molecular formula is C7H11ClO5S. The molecule has 0 spiro atoms. The number of carbonyl (C=O) groups excluding carboxylic acids is 1. The van der Waals surface area contributed by atoms with Crippen molar-refractivity contribution in [2.24, 2.45) is 0 Å². The van der Waals surface area contributed by atoms with E-state index in [1.54, 1.807) is 0 Å². The van der Waals surface area contributed by atoms with Gasteiger partial charge in [-0.2, -0.15) is 8.42 Å². The van der Waals surface area contributed by atoms with Crippen LogP contribution < -0.4 is 0 Å². The lowest BCUT2D eigenvalue weighted by atomic mass is 10.4. The van der Waals surface area contributed by atoms with E-state index >= 15 is 0 Å². The predicted molar refractivity (Wildman–Crippen MR) is 51.6 cm³/mol. The van der Waals surface area contributed by atoms with Gasteiger partial charge < -0.3 is 4.74 Å². The molecule has 1 unspecified atom stereocenters. The Hall–Kier alpha value is -0.590. The number of esters is 1. The highest BCUT2D eigenvalue weighted by molar-refractivity contribution is 7.86. The predicted octanol–water partition coefficient (Wildman–Crippen LogP) is 0.949. The van der Waals surface area contributed by atoms with Crippen LogP contribution >= 0.6 is 11.6 Å². The molecular weight excluding hydrogens is 232 g/mol. The average Bonchev–Trinajstić information content (AvgIpc) is 2.01. The summed E-state index contributed by atoms with van der Waals surface area (Å²) in [7, 11) is -4.42. The highest BCUT2D eigenvalue weighted by atomic mass is 35.5. The van der Waals surface area contributed by atoms with Gasteiger partial charge >= 0.3 is 16.1 Å². The van der Waals surface area contributed by atoms with E-state index in [4.69, 9.17) is 16.2 Å². The fourth-order valence-corrected chi connectivity index (χ4v) is 1.53. The first kappa shape index (κ1) is 13.4. The van der Waals surface area contributed by atoms with Crippen molar-refractivity contribution in [3.8, 4) is 0 Å². The molecule has 0 saturated heterocycles. The highest BCUT2D eigenvalue weighted by Crippen LogP contribution is 2.09. The van der Waals surface area contributed by atoms with E-state index < -0.39 is 21.5 Å². The zero-order valence-corrected chi connectivity index (χ0v) is 9.14. The Balaban J connectivity index is 4.55. The monoisotopic (exact) mass is 242 g/mol. The van der Waals surface area contributed by atoms with Crippen molar-refractivity contribution in [3.05, 3.63) is 12.2 Å². The molecule has 0 aromatic carbocycles. The van der Waals surface area contributed by atoms with Crippen LogP contribution in [-0.4, -0.2) is 30.3 Å². The minimum atomic E-state index is -4.42. The van der Waals surface area contributed by atoms with E-state index in [-0.39, 0.29) is 17.9 Å². The normalized spacial score (nSPS) is 13.4. The topological polar surface area (TPSA) is 80.7 Å². The molecule has 0 radical (unpaired) electrons. The van der Waals surface area contributed by atoms with Crippen LogP contribution in [0.3, 0.4) is 0 Å². The summed E-state index contributed by atoms with van der Waals surface area (Å²) in [6.45, 7) is 4.63. The number of rotatable bonds is 5. The molecule has 0 aromatic rings. The van der Waals surface area contributed by atoms with Gasteiger partial charge in [0, 0.05) is 17.9 Å². The number of alkyl halides is 1. The molecule has 0 fully saturated rings. The molecule has 0 amide bonds. The molecule has 5 nitrogen and oxygen atoms in total. The van der Waals surface area contributed by atoms with Gasteiger partial charge in [0.15, 0.2) is 0 Å². The molecule has 0 aromatic heterocycles. The number of ether oxygens (including phenoxy) is 1. The van der Waals surface area contributed by atoms with Crippen LogP contribution in [-0.2, 0) is 19.6 Å². The van der Waals surface area contributed by atoms with E-state index in [9.17, 15) is 13.2 Å². The molecule has 0 rings (SSSR count). The fraction of sp³-hybridized carbons (Fsp3) is 0.571. The maximum Gasteiger partial charge on any atom is 0.334 e. The van der Waals surface area contributed by atoms with Gasteiger partial charge in [-0.15, -0.1) is 11.6 Å². The lowest BCUT2D eigenvalue weighted by Gasteiger charge is -2.13. The maximum atomic E-state index is 10.9. The first-order valence-electron chi connectivity index (χ1n) is 3.67. The van der Waals surface area contributed by atoms with Crippen LogP contribution in [0.1, 0.15) is 13.3 Å². The fourth-order valence-electron chi connectivity index (χ4n) is 0.578. The summed E-state index contributed by atoms with van der Waals surface area (Å²) in [4.78, 5) is 10.9. The second kappa shape index (κ2) is 5.33. The molecule has 1 N–H and O–H groups in total. The molecule has 0 aliphatic carbocycles. The third-order valence-electron chi connectivity index (χ3n) is 1.26. The third kappa shape index (κ3) is 4.59. The van der Waals surface area contributed by atoms with Crippen molar-refractivity contribution < 1.29 is 22.5 Å². The molecule has 0 bridgehead atoms. The lowest BCUT2D eigenvalue weighted by Crippen LogP contribution is -2.27. The van der Waals surface area contributed by atoms with E-state index in [1.807, 2.05) is 0 Å². The molecule has 82 valence electrons. The Kier molecular flexibility index (Phi) is 5.11. The smallest absolute Gasteiger partial charge is 0.334 e. The van der Waals surface area contributed by atoms with Crippen LogP contribution in [0, 0.1) is 0 Å². The quantitative estimate of drug-likeness (QED) is 0.336. The van der Waals surface area contributed by atoms with Crippen LogP contribution in [0.25, 0.3) is 0 Å². The second-order valence-corrected chi connectivity index (χ2v) is 4.54. The Morgan fingerprint density at radius 2 is 2.14 bits per heavy atom. The van der Waals surface area contributed by atoms with E-state index in [1.165, 1.54) is 6.92 Å². The number of carbonyl (C=O) groups is 1. The van der Waals surface area contributed by atoms with Gasteiger partial charge in [-0.25, -0.2) is 4.79 Å². The van der Waals surface area contributed by atoms with Crippen molar-refractivity contribution in [1.82, 2.24) is 0 Å². The van der Waals surface area contributed by atoms with E-state index in [0.717, 1.165) is 0 Å². The van der Waals surface area contributed by atoms with Crippen LogP contribution in [0.15, 0.2) is 12.2 Å². The van der Waals surface area contributed by atoms with E-state index in [2.05, 4.69) is 11.3 Å². The minimum absolute atomic E-state index is 0.0477. The summed E-state index contributed by atoms with van der Waals surface area (Å²) < 4.78 is 34.4. The molecule has 0 aliphatic rings. The summed E-state index contributed by atoms with van der Waals surface area (Å²) in [6, 6.07) is 0. The molecule has 0 saturated carbocycles. The SMILES string of the molecule is C=C(C)C(=O)OC(CCCl)S(=O)(=O)O. The molecule has 0 aliphatic heterocycles. The van der Waals surface area contributed by atoms with Gasteiger partial charge in [-0.05, 0) is 6.92 Å². The molecule has 0 heterocycles. The van der Waals surface area contributed by atoms with Crippen molar-refractivity contribution in [3.63, 3.8) is 0 Å². The Morgan fingerprint density at radius 1 is 1.64 bits per heavy atom. The van der Waals surface area contributed by atoms with Gasteiger partial charge in [-0.1, -0.05) is 6.58 Å². The van der Waals surface area contributed by atoms with Crippen LogP contribution in [0.4, 0.5) is 0 Å². The Labute approximate surface area is 87.4 Å². The van der Waals surface area contributed by atoms with Crippen molar-refractivity contribution in [2.45, 2.75) is 18.8 Å². The van der Waals surface area contributed by atoms with E-state index in [0.29, 0.717) is 0 Å². The summed E-state index contributed by atoms with van der Waals surface area (Å²) in [5.74, 6) is -0.925. The maximum absolute atomic E-state index is 10.9. The third-order valence-corrected chi connectivity index (χ3v) is 2.48. The zero-order valence-electron chi connectivity index (χ0n) is 7.57. The summed E-state index contributed by atoms with van der Waals surface area (Å²) >= 11 is 5.28. The van der Waals surface area contributed by atoms with Gasteiger partial charge in [0.1, 0.15) is 0 Å². The first-order chi connectivity index (χ1) is 6.29. The lowest BCUT2D eigenvalue weighted by molar-refractivity contribution is -0.141. The second-order valence-electron chi connectivity index (χ2n) is 2.61. The zero-order chi connectivity index (χ0) is 11.4. The molecule has 7 heteroatoms. The average molecular weight is 243 g/mol. The molecule has 14 heavy (non-hydrogen) atoms. The van der Waals surface area contributed by atoms with Crippen molar-refractivity contribution in [1.29, 1.82) is 0 Å². The number of hydrogen-bond acceptors (Lipinski definition) is 4. The van der Waals surface area contributed by atoms with Crippen LogP contribution in [0.5, 0.6) is 0 Å². The Morgan fingerprint density at radius 3 is 2.43 bits per heavy atom. The van der Waals surface area contributed by atoms with Gasteiger partial charge in [0.05, 0.1) is 0 Å². The standard InChI is InChI=1S/C7H11ClO5S/c1-5(2)7(9)13-6(3-4-8)14(10,11)12/h6H,1,3-4H2,2H3,(H,10,11,12). The Bertz CT molecular complexity index is 321. The van der Waals surface area contributed by atoms with Crippen molar-refractivity contribution in [2.75, 3.05) is 5.88 Å². The van der Waals surface area contributed by atoms with Gasteiger partial charge in [0.25, 0.3) is 0 Å². The highest BCUT2D eigenvalue weighted by Gasteiger charge is 2.26. The van der Waals surface area contributed by atoms with Gasteiger partial charge in [0.2, 0.25) is 5.44 Å². The first-order valence-corrected chi connectivity index (χ1v) is 5.71. The van der Waals surface area contributed by atoms with Gasteiger partial charge in [-0.3, -0.25) is 4.55 Å². The number of hydrogen-bond donors (Lipinski definition) is 1. The van der Waals surface area contributed by atoms with Crippen LogP contribution in [0.2, 0.25) is 0 Å². The summed E-state index contributed by atoms with van der Waals surface area (Å²) in [5.41, 5.74) is -1.57. The minimum Gasteiger partial charge on any atom is -0.440 e. The number of halogens is 1.